The SMILES string of the molecule is CCn1nc(C)c(N)c1C(=O)NCCc1ccccc1C. The summed E-state index contributed by atoms with van der Waals surface area (Å²) >= 11 is 0. The molecule has 0 bridgehead atoms. The number of nitrogens with two attached hydrogens (primary N) is 1. The minimum Gasteiger partial charge on any atom is -0.395 e. The maximum absolute atomic E-state index is 12.3. The number of anilines is 1. The quantitative estimate of drug-likeness (QED) is 0.883. The van der Waals surface area contributed by atoms with Crippen molar-refractivity contribution in [3.8, 4) is 0 Å². The highest BCUT2D eigenvalue weighted by atomic mass is 16.2. The molecule has 3 N–H and O–H groups in total. The number of rotatable bonds is 5. The second-order valence-corrected chi connectivity index (χ2v) is 5.10. The summed E-state index contributed by atoms with van der Waals surface area (Å²) in [5.74, 6) is -0.163. The van der Waals surface area contributed by atoms with Crippen LogP contribution in [0, 0.1) is 13.8 Å². The third-order valence-corrected chi connectivity index (χ3v) is 3.63. The second-order valence-electron chi connectivity index (χ2n) is 5.10. The first-order valence-electron chi connectivity index (χ1n) is 7.20. The van der Waals surface area contributed by atoms with E-state index in [0.717, 1.165) is 6.42 Å². The topological polar surface area (TPSA) is 72.9 Å². The molecule has 2 aromatic rings. The number of nitrogens with zero attached hydrogens (tertiary/aromatic N) is 2. The molecule has 0 unspecified atom stereocenters. The molecule has 0 radical (unpaired) electrons. The van der Waals surface area contributed by atoms with E-state index >= 15 is 0 Å². The van der Waals surface area contributed by atoms with E-state index < -0.39 is 0 Å². The van der Waals surface area contributed by atoms with Crippen LogP contribution >= 0.6 is 0 Å². The number of benzene rings is 1. The van der Waals surface area contributed by atoms with E-state index in [-0.39, 0.29) is 5.91 Å². The van der Waals surface area contributed by atoms with E-state index in [1.54, 1.807) is 4.68 Å². The van der Waals surface area contributed by atoms with E-state index in [4.69, 9.17) is 5.73 Å². The predicted molar refractivity (Wildman–Crippen MR) is 84.3 cm³/mol. The molecule has 1 heterocycles. The molecular formula is C16H22N4O. The Kier molecular flexibility index (Phi) is 4.62. The predicted octanol–water partition coefficient (Wildman–Crippen LogP) is 2.07. The van der Waals surface area contributed by atoms with Crippen LogP contribution in [-0.4, -0.2) is 22.2 Å². The molecule has 1 amide bonds. The molecule has 0 aliphatic carbocycles. The van der Waals surface area contributed by atoms with Gasteiger partial charge in [0.2, 0.25) is 0 Å². The number of aryl methyl sites for hydroxylation is 3. The molecule has 1 aromatic heterocycles. The average Bonchev–Trinajstić information content (AvgIpc) is 2.76. The van der Waals surface area contributed by atoms with Crippen molar-refractivity contribution in [3.63, 3.8) is 0 Å². The normalized spacial score (nSPS) is 10.6. The molecule has 0 aliphatic heterocycles. The Morgan fingerprint density at radius 3 is 2.71 bits per heavy atom. The largest absolute Gasteiger partial charge is 0.395 e. The maximum atomic E-state index is 12.3. The minimum atomic E-state index is -0.163. The highest BCUT2D eigenvalue weighted by Crippen LogP contribution is 2.16. The third kappa shape index (κ3) is 3.24. The van der Waals surface area contributed by atoms with Crippen LogP contribution in [0.1, 0.15) is 34.2 Å². The van der Waals surface area contributed by atoms with E-state index in [1.807, 2.05) is 26.0 Å². The number of carbonyl (C=O) groups excluding carboxylic acids is 1. The lowest BCUT2D eigenvalue weighted by Crippen LogP contribution is -2.29. The highest BCUT2D eigenvalue weighted by molar-refractivity contribution is 5.97. The van der Waals surface area contributed by atoms with Crippen LogP contribution in [0.25, 0.3) is 0 Å². The molecule has 1 aromatic carbocycles. The van der Waals surface area contributed by atoms with Crippen LogP contribution in [0.2, 0.25) is 0 Å². The zero-order valence-corrected chi connectivity index (χ0v) is 12.8. The van der Waals surface area contributed by atoms with Gasteiger partial charge in [-0.2, -0.15) is 5.10 Å². The van der Waals surface area contributed by atoms with Gasteiger partial charge in [-0.3, -0.25) is 9.48 Å². The summed E-state index contributed by atoms with van der Waals surface area (Å²) in [4.78, 5) is 12.3. The molecule has 0 fully saturated rings. The zero-order valence-electron chi connectivity index (χ0n) is 12.8. The van der Waals surface area contributed by atoms with Crippen molar-refractivity contribution in [2.75, 3.05) is 12.3 Å². The molecule has 2 rings (SSSR count). The lowest BCUT2D eigenvalue weighted by atomic mass is 10.1. The van der Waals surface area contributed by atoms with E-state index in [0.29, 0.717) is 30.2 Å². The van der Waals surface area contributed by atoms with Crippen LogP contribution in [0.3, 0.4) is 0 Å². The number of aromatic nitrogens is 2. The molecule has 5 heteroatoms. The molecule has 0 saturated heterocycles. The van der Waals surface area contributed by atoms with E-state index in [2.05, 4.69) is 29.5 Å². The van der Waals surface area contributed by atoms with Crippen LogP contribution in [0.5, 0.6) is 0 Å². The molecular weight excluding hydrogens is 264 g/mol. The summed E-state index contributed by atoms with van der Waals surface area (Å²) < 4.78 is 1.65. The molecule has 5 nitrogen and oxygen atoms in total. The number of nitrogens with one attached hydrogen (secondary N) is 1. The smallest absolute Gasteiger partial charge is 0.271 e. The fourth-order valence-corrected chi connectivity index (χ4v) is 2.35. The van der Waals surface area contributed by atoms with Gasteiger partial charge >= 0.3 is 0 Å². The molecule has 0 atom stereocenters. The molecule has 0 aliphatic rings. The van der Waals surface area contributed by atoms with Gasteiger partial charge in [0, 0.05) is 13.1 Å². The van der Waals surface area contributed by atoms with Crippen molar-refractivity contribution in [1.29, 1.82) is 0 Å². The third-order valence-electron chi connectivity index (χ3n) is 3.63. The summed E-state index contributed by atoms with van der Waals surface area (Å²) in [5.41, 5.74) is 10.0. The van der Waals surface area contributed by atoms with Gasteiger partial charge in [0.05, 0.1) is 11.4 Å². The number of hydrogen-bond acceptors (Lipinski definition) is 3. The summed E-state index contributed by atoms with van der Waals surface area (Å²) in [7, 11) is 0. The molecule has 21 heavy (non-hydrogen) atoms. The van der Waals surface area contributed by atoms with Gasteiger partial charge in [-0.15, -0.1) is 0 Å². The van der Waals surface area contributed by atoms with Crippen molar-refractivity contribution in [1.82, 2.24) is 15.1 Å². The first-order chi connectivity index (χ1) is 10.0. The number of hydrogen-bond donors (Lipinski definition) is 2. The van der Waals surface area contributed by atoms with Gasteiger partial charge in [-0.1, -0.05) is 24.3 Å². The van der Waals surface area contributed by atoms with Crippen molar-refractivity contribution in [2.24, 2.45) is 0 Å². The van der Waals surface area contributed by atoms with E-state index in [9.17, 15) is 4.79 Å². The van der Waals surface area contributed by atoms with Crippen molar-refractivity contribution >= 4 is 11.6 Å². The summed E-state index contributed by atoms with van der Waals surface area (Å²) in [5, 5.41) is 7.18. The van der Waals surface area contributed by atoms with Gasteiger partial charge in [0.1, 0.15) is 5.69 Å². The fraction of sp³-hybridized carbons (Fsp3) is 0.375. The first kappa shape index (κ1) is 15.1. The van der Waals surface area contributed by atoms with Gasteiger partial charge in [-0.05, 0) is 38.3 Å². The Morgan fingerprint density at radius 2 is 2.05 bits per heavy atom. The van der Waals surface area contributed by atoms with E-state index in [1.165, 1.54) is 11.1 Å². The second kappa shape index (κ2) is 6.43. The van der Waals surface area contributed by atoms with Gasteiger partial charge in [0.15, 0.2) is 0 Å². The van der Waals surface area contributed by atoms with Gasteiger partial charge < -0.3 is 11.1 Å². The Labute approximate surface area is 125 Å². The Morgan fingerprint density at radius 1 is 1.33 bits per heavy atom. The molecule has 0 saturated carbocycles. The Hall–Kier alpha value is -2.30. The molecule has 0 spiro atoms. The van der Waals surface area contributed by atoms with Crippen molar-refractivity contribution < 1.29 is 4.79 Å². The number of amides is 1. The number of carbonyl (C=O) groups is 1. The Bertz CT molecular complexity index is 646. The summed E-state index contributed by atoms with van der Waals surface area (Å²) in [6.07, 6.45) is 0.803. The monoisotopic (exact) mass is 286 g/mol. The van der Waals surface area contributed by atoms with Crippen LogP contribution < -0.4 is 11.1 Å². The fourth-order valence-electron chi connectivity index (χ4n) is 2.35. The standard InChI is InChI=1S/C16H22N4O/c1-4-20-15(14(17)12(3)19-20)16(21)18-10-9-13-8-6-5-7-11(13)2/h5-8H,4,9-10,17H2,1-3H3,(H,18,21). The van der Waals surface area contributed by atoms with Crippen LogP contribution in [0.15, 0.2) is 24.3 Å². The number of nitrogen functional groups attached to an aromatic ring is 1. The van der Waals surface area contributed by atoms with Gasteiger partial charge in [-0.25, -0.2) is 0 Å². The van der Waals surface area contributed by atoms with Crippen molar-refractivity contribution in [2.45, 2.75) is 33.7 Å². The Balaban J connectivity index is 2.01. The lowest BCUT2D eigenvalue weighted by molar-refractivity contribution is 0.0944. The van der Waals surface area contributed by atoms with Crippen LogP contribution in [-0.2, 0) is 13.0 Å². The average molecular weight is 286 g/mol. The summed E-state index contributed by atoms with van der Waals surface area (Å²) in [6, 6.07) is 8.18. The summed E-state index contributed by atoms with van der Waals surface area (Å²) in [6.45, 7) is 7.03. The maximum Gasteiger partial charge on any atom is 0.271 e. The minimum absolute atomic E-state index is 0.163. The lowest BCUT2D eigenvalue weighted by Gasteiger charge is -2.09. The van der Waals surface area contributed by atoms with Crippen molar-refractivity contribution in [3.05, 3.63) is 46.8 Å². The van der Waals surface area contributed by atoms with Crippen LogP contribution in [0.4, 0.5) is 5.69 Å². The highest BCUT2D eigenvalue weighted by Gasteiger charge is 2.18. The molecule has 112 valence electrons. The first-order valence-corrected chi connectivity index (χ1v) is 7.20. The van der Waals surface area contributed by atoms with Gasteiger partial charge in [0.25, 0.3) is 5.91 Å². The zero-order chi connectivity index (χ0) is 15.4.